The van der Waals surface area contributed by atoms with Crippen molar-refractivity contribution >= 4 is 28.8 Å². The first-order chi connectivity index (χ1) is 14.7. The van der Waals surface area contributed by atoms with Crippen molar-refractivity contribution in [2.75, 3.05) is 0 Å². The quantitative estimate of drug-likeness (QED) is 0.419. The Balaban J connectivity index is 1.72. The van der Waals surface area contributed by atoms with Crippen LogP contribution in [0.15, 0.2) is 27.4 Å². The zero-order valence-electron chi connectivity index (χ0n) is 18.4. The Morgan fingerprint density at radius 3 is 2.42 bits per heavy atom. The van der Waals surface area contributed by atoms with Crippen molar-refractivity contribution in [3.8, 4) is 0 Å². The monoisotopic (exact) mass is 424 g/mol. The standard InChI is InChI=1S/C24H28N2O5/c1-13(2)17-11-18-16(10-21(27)31-20(18)9-15(17)4)12-25-22(28)23(29)26(24(25)30)19-8-6-5-7-14(19)3/h9-11,13-14,19H,5-8,12H2,1-4H3/t14-,19+/m1/s1. The van der Waals surface area contributed by atoms with Gasteiger partial charge in [-0.25, -0.2) is 9.59 Å². The number of fused-ring (bicyclic) bond motifs is 1. The van der Waals surface area contributed by atoms with Crippen LogP contribution in [0, 0.1) is 12.8 Å². The lowest BCUT2D eigenvalue weighted by Gasteiger charge is -2.34. The molecule has 1 saturated heterocycles. The number of hydrogen-bond donors (Lipinski definition) is 0. The molecule has 31 heavy (non-hydrogen) atoms. The van der Waals surface area contributed by atoms with Gasteiger partial charge in [0.05, 0.1) is 6.54 Å². The minimum absolute atomic E-state index is 0.135. The number of urea groups is 1. The van der Waals surface area contributed by atoms with E-state index in [0.717, 1.165) is 40.2 Å². The van der Waals surface area contributed by atoms with Gasteiger partial charge in [0.2, 0.25) is 0 Å². The summed E-state index contributed by atoms with van der Waals surface area (Å²) in [4.78, 5) is 52.9. The summed E-state index contributed by atoms with van der Waals surface area (Å²) in [6.45, 7) is 7.98. The molecule has 1 aromatic heterocycles. The van der Waals surface area contributed by atoms with E-state index in [4.69, 9.17) is 4.42 Å². The smallest absolute Gasteiger partial charge is 0.336 e. The van der Waals surface area contributed by atoms with Gasteiger partial charge < -0.3 is 4.42 Å². The first-order valence-electron chi connectivity index (χ1n) is 10.9. The summed E-state index contributed by atoms with van der Waals surface area (Å²) < 4.78 is 5.37. The van der Waals surface area contributed by atoms with Gasteiger partial charge >= 0.3 is 23.5 Å². The van der Waals surface area contributed by atoms with Gasteiger partial charge in [-0.05, 0) is 60.4 Å². The van der Waals surface area contributed by atoms with Crippen LogP contribution in [0.5, 0.6) is 0 Å². The Bertz CT molecular complexity index is 1130. The van der Waals surface area contributed by atoms with Crippen molar-refractivity contribution in [1.82, 2.24) is 9.80 Å². The highest BCUT2D eigenvalue weighted by Gasteiger charge is 2.49. The number of hydrogen-bond acceptors (Lipinski definition) is 5. The second kappa shape index (κ2) is 7.94. The third kappa shape index (κ3) is 3.66. The van der Waals surface area contributed by atoms with Crippen LogP contribution in [0.25, 0.3) is 11.0 Å². The fourth-order valence-electron chi connectivity index (χ4n) is 4.95. The van der Waals surface area contributed by atoms with Gasteiger partial charge in [0.15, 0.2) is 0 Å². The molecule has 7 nitrogen and oxygen atoms in total. The Hall–Kier alpha value is -2.96. The maximum Gasteiger partial charge on any atom is 0.336 e. The number of carbonyl (C=O) groups is 3. The number of amides is 4. The lowest BCUT2D eigenvalue weighted by Crippen LogP contribution is -2.46. The van der Waals surface area contributed by atoms with Gasteiger partial charge in [-0.2, -0.15) is 0 Å². The van der Waals surface area contributed by atoms with E-state index >= 15 is 0 Å². The summed E-state index contributed by atoms with van der Waals surface area (Å²) in [5.74, 6) is -1.19. The molecule has 0 unspecified atom stereocenters. The average molecular weight is 424 g/mol. The molecular weight excluding hydrogens is 396 g/mol. The Kier molecular flexibility index (Phi) is 5.45. The number of aryl methyl sites for hydroxylation is 1. The van der Waals surface area contributed by atoms with E-state index in [1.165, 1.54) is 6.07 Å². The fourth-order valence-corrected chi connectivity index (χ4v) is 4.95. The number of nitrogens with zero attached hydrogens (tertiary/aromatic N) is 2. The van der Waals surface area contributed by atoms with E-state index < -0.39 is 23.5 Å². The van der Waals surface area contributed by atoms with E-state index in [0.29, 0.717) is 23.0 Å². The molecule has 2 fully saturated rings. The molecule has 0 bridgehead atoms. The molecule has 7 heteroatoms. The zero-order chi connectivity index (χ0) is 22.4. The molecule has 0 N–H and O–H groups in total. The highest BCUT2D eigenvalue weighted by Crippen LogP contribution is 2.33. The Labute approximate surface area is 181 Å². The third-order valence-corrected chi connectivity index (χ3v) is 6.65. The number of benzene rings is 1. The maximum absolute atomic E-state index is 13.1. The molecule has 4 rings (SSSR count). The molecule has 2 aromatic rings. The van der Waals surface area contributed by atoms with Gasteiger partial charge in [0, 0.05) is 17.5 Å². The van der Waals surface area contributed by atoms with Crippen LogP contribution in [-0.2, 0) is 16.1 Å². The molecule has 1 aromatic carbocycles. The first kappa shape index (κ1) is 21.3. The van der Waals surface area contributed by atoms with Crippen LogP contribution in [0.3, 0.4) is 0 Å². The van der Waals surface area contributed by atoms with E-state index in [-0.39, 0.29) is 24.4 Å². The van der Waals surface area contributed by atoms with Crippen molar-refractivity contribution in [3.63, 3.8) is 0 Å². The minimum Gasteiger partial charge on any atom is -0.423 e. The Morgan fingerprint density at radius 1 is 1.03 bits per heavy atom. The van der Waals surface area contributed by atoms with Crippen LogP contribution in [0.2, 0.25) is 0 Å². The predicted molar refractivity (Wildman–Crippen MR) is 116 cm³/mol. The molecular formula is C24H28N2O5. The zero-order valence-corrected chi connectivity index (χ0v) is 18.4. The van der Waals surface area contributed by atoms with Crippen molar-refractivity contribution < 1.29 is 18.8 Å². The van der Waals surface area contributed by atoms with Gasteiger partial charge in [-0.1, -0.05) is 33.6 Å². The van der Waals surface area contributed by atoms with Crippen LogP contribution < -0.4 is 5.63 Å². The highest BCUT2D eigenvalue weighted by atomic mass is 16.4. The number of rotatable bonds is 4. The molecule has 1 aliphatic carbocycles. The fraction of sp³-hybridized carbons (Fsp3) is 0.500. The van der Waals surface area contributed by atoms with E-state index in [2.05, 4.69) is 13.8 Å². The second-order valence-corrected chi connectivity index (χ2v) is 9.13. The highest BCUT2D eigenvalue weighted by molar-refractivity contribution is 6.44. The summed E-state index contributed by atoms with van der Waals surface area (Å²) in [5, 5.41) is 0.673. The molecule has 0 radical (unpaired) electrons. The van der Waals surface area contributed by atoms with Crippen molar-refractivity contribution in [1.29, 1.82) is 0 Å². The third-order valence-electron chi connectivity index (χ3n) is 6.65. The van der Waals surface area contributed by atoms with E-state index in [9.17, 15) is 19.2 Å². The van der Waals surface area contributed by atoms with Crippen LogP contribution in [0.1, 0.15) is 69.1 Å². The maximum atomic E-state index is 13.1. The number of imide groups is 2. The van der Waals surface area contributed by atoms with Crippen molar-refractivity contribution in [2.24, 2.45) is 5.92 Å². The summed E-state index contributed by atoms with van der Waals surface area (Å²) in [5.41, 5.74) is 2.45. The molecule has 1 aliphatic heterocycles. The predicted octanol–water partition coefficient (Wildman–Crippen LogP) is 4.09. The average Bonchev–Trinajstić information content (AvgIpc) is 2.91. The van der Waals surface area contributed by atoms with Crippen LogP contribution >= 0.6 is 0 Å². The molecule has 164 valence electrons. The van der Waals surface area contributed by atoms with Gasteiger partial charge in [-0.15, -0.1) is 0 Å². The second-order valence-electron chi connectivity index (χ2n) is 9.13. The minimum atomic E-state index is -0.833. The van der Waals surface area contributed by atoms with Gasteiger partial charge in [0.25, 0.3) is 0 Å². The number of carbonyl (C=O) groups excluding carboxylic acids is 3. The van der Waals surface area contributed by atoms with Crippen LogP contribution in [-0.4, -0.2) is 33.7 Å². The topological polar surface area (TPSA) is 87.9 Å². The largest absolute Gasteiger partial charge is 0.423 e. The molecule has 0 spiro atoms. The lowest BCUT2D eigenvalue weighted by atomic mass is 9.85. The molecule has 2 aliphatic rings. The summed E-state index contributed by atoms with van der Waals surface area (Å²) >= 11 is 0. The summed E-state index contributed by atoms with van der Waals surface area (Å²) in [6, 6.07) is 4.21. The van der Waals surface area contributed by atoms with Gasteiger partial charge in [-0.3, -0.25) is 19.4 Å². The van der Waals surface area contributed by atoms with E-state index in [1.807, 2.05) is 26.0 Å². The van der Waals surface area contributed by atoms with E-state index in [1.54, 1.807) is 0 Å². The summed E-state index contributed by atoms with van der Waals surface area (Å²) in [6.07, 6.45) is 3.64. The lowest BCUT2D eigenvalue weighted by molar-refractivity contribution is -0.144. The van der Waals surface area contributed by atoms with Crippen molar-refractivity contribution in [3.05, 3.63) is 45.3 Å². The summed E-state index contributed by atoms with van der Waals surface area (Å²) in [7, 11) is 0. The molecule has 2 atom stereocenters. The molecule has 1 saturated carbocycles. The first-order valence-corrected chi connectivity index (χ1v) is 10.9. The Morgan fingerprint density at radius 2 is 1.74 bits per heavy atom. The normalized spacial score (nSPS) is 22.3. The van der Waals surface area contributed by atoms with Gasteiger partial charge in [0.1, 0.15) is 5.58 Å². The van der Waals surface area contributed by atoms with Crippen molar-refractivity contribution in [2.45, 2.75) is 71.9 Å². The SMILES string of the molecule is Cc1cc2oc(=O)cc(CN3C(=O)C(=O)N([C@H]4CCCC[C@H]4C)C3=O)c2cc1C(C)C. The molecule has 4 amide bonds. The molecule has 2 heterocycles. The van der Waals surface area contributed by atoms with Crippen LogP contribution in [0.4, 0.5) is 4.79 Å².